The summed E-state index contributed by atoms with van der Waals surface area (Å²) in [5.41, 5.74) is 3.20. The maximum absolute atomic E-state index is 5.13. The molecular weight excluding hydrogens is 136 g/mol. The zero-order valence-corrected chi connectivity index (χ0v) is 6.83. The predicted octanol–water partition coefficient (Wildman–Crippen LogP) is 1.68. The van der Waals surface area contributed by atoms with Gasteiger partial charge in [0.15, 0.2) is 0 Å². The molecule has 0 bridgehead atoms. The molecule has 0 heterocycles. The summed E-state index contributed by atoms with van der Waals surface area (Å²) in [5, 5.41) is 3.61. The first-order valence-corrected chi connectivity index (χ1v) is 3.55. The first-order valence-electron chi connectivity index (χ1n) is 3.55. The van der Waals surface area contributed by atoms with Gasteiger partial charge in [-0.25, -0.2) is 0 Å². The van der Waals surface area contributed by atoms with Crippen molar-refractivity contribution in [3.63, 3.8) is 0 Å². The molecule has 0 radical (unpaired) electrons. The van der Waals surface area contributed by atoms with Crippen molar-refractivity contribution in [2.75, 3.05) is 0 Å². The molecule has 58 valence electrons. The van der Waals surface area contributed by atoms with E-state index in [1.165, 1.54) is 5.56 Å². The van der Waals surface area contributed by atoms with E-state index in [2.05, 4.69) is 12.0 Å². The van der Waals surface area contributed by atoms with E-state index in [9.17, 15) is 0 Å². The monoisotopic (exact) mass is 148 g/mol. The van der Waals surface area contributed by atoms with Crippen LogP contribution in [0, 0.1) is 6.92 Å². The number of nitrogens with two attached hydrogens (primary N) is 1. The minimum absolute atomic E-state index is 0.866. The normalized spacial score (nSPS) is 11.6. The van der Waals surface area contributed by atoms with Crippen molar-refractivity contribution in [1.82, 2.24) is 0 Å². The highest BCUT2D eigenvalue weighted by molar-refractivity contribution is 5.98. The van der Waals surface area contributed by atoms with Crippen molar-refractivity contribution < 1.29 is 0 Å². The van der Waals surface area contributed by atoms with Gasteiger partial charge in [-0.1, -0.05) is 29.8 Å². The number of aryl methyl sites for hydroxylation is 1. The lowest BCUT2D eigenvalue weighted by molar-refractivity contribution is 1.24. The van der Waals surface area contributed by atoms with Gasteiger partial charge in [-0.2, -0.15) is 5.10 Å². The van der Waals surface area contributed by atoms with Crippen molar-refractivity contribution >= 4 is 5.71 Å². The molecule has 0 aromatic heterocycles. The summed E-state index contributed by atoms with van der Waals surface area (Å²) in [6.45, 7) is 3.95. The molecule has 2 N–H and O–H groups in total. The molecule has 0 aliphatic rings. The maximum atomic E-state index is 5.13. The fourth-order valence-corrected chi connectivity index (χ4v) is 0.869. The molecule has 1 aromatic carbocycles. The first kappa shape index (κ1) is 7.79. The Balaban J connectivity index is 2.99. The lowest BCUT2D eigenvalue weighted by Gasteiger charge is -1.98. The van der Waals surface area contributed by atoms with Crippen molar-refractivity contribution in [3.8, 4) is 0 Å². The van der Waals surface area contributed by atoms with Crippen LogP contribution in [0.3, 0.4) is 0 Å². The van der Waals surface area contributed by atoms with Gasteiger partial charge in [-0.3, -0.25) is 0 Å². The zero-order valence-electron chi connectivity index (χ0n) is 6.83. The number of hydrogen-bond acceptors (Lipinski definition) is 2. The topological polar surface area (TPSA) is 38.4 Å². The van der Waals surface area contributed by atoms with Crippen LogP contribution in [-0.2, 0) is 0 Å². The summed E-state index contributed by atoms with van der Waals surface area (Å²) in [6.07, 6.45) is 0. The molecular formula is C9H12N2. The Morgan fingerprint density at radius 2 is 1.82 bits per heavy atom. The second-order valence-corrected chi connectivity index (χ2v) is 2.58. The second-order valence-electron chi connectivity index (χ2n) is 2.58. The summed E-state index contributed by atoms with van der Waals surface area (Å²) in [5.74, 6) is 5.13. The third-order valence-electron chi connectivity index (χ3n) is 1.66. The molecule has 11 heavy (non-hydrogen) atoms. The number of hydrazone groups is 1. The predicted molar refractivity (Wildman–Crippen MR) is 47.6 cm³/mol. The molecule has 0 atom stereocenters. The van der Waals surface area contributed by atoms with E-state index >= 15 is 0 Å². The van der Waals surface area contributed by atoms with E-state index in [1.54, 1.807) is 0 Å². The first-order chi connectivity index (χ1) is 5.24. The number of benzene rings is 1. The van der Waals surface area contributed by atoms with Crippen LogP contribution in [-0.4, -0.2) is 5.71 Å². The van der Waals surface area contributed by atoms with Gasteiger partial charge in [-0.05, 0) is 19.4 Å². The fourth-order valence-electron chi connectivity index (χ4n) is 0.869. The quantitative estimate of drug-likeness (QED) is 0.367. The van der Waals surface area contributed by atoms with E-state index in [1.807, 2.05) is 31.2 Å². The molecule has 0 aliphatic carbocycles. The van der Waals surface area contributed by atoms with Crippen LogP contribution < -0.4 is 5.84 Å². The van der Waals surface area contributed by atoms with Crippen molar-refractivity contribution in [2.45, 2.75) is 13.8 Å². The van der Waals surface area contributed by atoms with Crippen molar-refractivity contribution in [3.05, 3.63) is 35.4 Å². The Morgan fingerprint density at radius 3 is 2.27 bits per heavy atom. The van der Waals surface area contributed by atoms with Gasteiger partial charge in [0.05, 0.1) is 5.71 Å². The summed E-state index contributed by atoms with van der Waals surface area (Å²) in [6, 6.07) is 8.12. The van der Waals surface area contributed by atoms with E-state index in [-0.39, 0.29) is 0 Å². The smallest absolute Gasteiger partial charge is 0.0641 e. The molecule has 0 fully saturated rings. The van der Waals surface area contributed by atoms with Crippen LogP contribution >= 0.6 is 0 Å². The maximum Gasteiger partial charge on any atom is 0.0641 e. The van der Waals surface area contributed by atoms with Gasteiger partial charge in [0.2, 0.25) is 0 Å². The Morgan fingerprint density at radius 1 is 1.27 bits per heavy atom. The van der Waals surface area contributed by atoms with Gasteiger partial charge in [-0.15, -0.1) is 0 Å². The largest absolute Gasteiger partial charge is 0.323 e. The minimum atomic E-state index is 0.866. The number of rotatable bonds is 1. The van der Waals surface area contributed by atoms with Gasteiger partial charge in [0, 0.05) is 0 Å². The highest BCUT2D eigenvalue weighted by atomic mass is 15.1. The Labute approximate surface area is 66.7 Å². The highest BCUT2D eigenvalue weighted by Crippen LogP contribution is 2.03. The summed E-state index contributed by atoms with van der Waals surface area (Å²) >= 11 is 0. The van der Waals surface area contributed by atoms with Crippen LogP contribution in [0.1, 0.15) is 18.1 Å². The lowest BCUT2D eigenvalue weighted by atomic mass is 10.1. The number of hydrogen-bond donors (Lipinski definition) is 1. The van der Waals surface area contributed by atoms with Crippen LogP contribution in [0.15, 0.2) is 29.4 Å². The molecule has 0 unspecified atom stereocenters. The van der Waals surface area contributed by atoms with Gasteiger partial charge >= 0.3 is 0 Å². The van der Waals surface area contributed by atoms with Crippen LogP contribution in [0.4, 0.5) is 0 Å². The summed E-state index contributed by atoms with van der Waals surface area (Å²) in [4.78, 5) is 0. The van der Waals surface area contributed by atoms with Gasteiger partial charge < -0.3 is 5.84 Å². The van der Waals surface area contributed by atoms with Gasteiger partial charge in [0.25, 0.3) is 0 Å². The molecule has 1 aromatic rings. The molecule has 0 aliphatic heterocycles. The average molecular weight is 148 g/mol. The molecule has 0 saturated carbocycles. The van der Waals surface area contributed by atoms with Gasteiger partial charge in [0.1, 0.15) is 0 Å². The minimum Gasteiger partial charge on any atom is -0.323 e. The van der Waals surface area contributed by atoms with E-state index < -0.39 is 0 Å². The lowest BCUT2D eigenvalue weighted by Crippen LogP contribution is -1.97. The Hall–Kier alpha value is -1.31. The van der Waals surface area contributed by atoms with E-state index in [0.29, 0.717) is 0 Å². The summed E-state index contributed by atoms with van der Waals surface area (Å²) < 4.78 is 0. The fraction of sp³-hybridized carbons (Fsp3) is 0.222. The van der Waals surface area contributed by atoms with Crippen LogP contribution in [0.2, 0.25) is 0 Å². The number of nitrogens with zero attached hydrogens (tertiary/aromatic N) is 1. The SMILES string of the molecule is C/C(=N\N)c1ccc(C)cc1. The average Bonchev–Trinajstić information content (AvgIpc) is 2.05. The van der Waals surface area contributed by atoms with E-state index in [4.69, 9.17) is 5.84 Å². The van der Waals surface area contributed by atoms with Crippen molar-refractivity contribution in [2.24, 2.45) is 10.9 Å². The Kier molecular flexibility index (Phi) is 2.26. The zero-order chi connectivity index (χ0) is 8.27. The summed E-state index contributed by atoms with van der Waals surface area (Å²) in [7, 11) is 0. The Bertz CT molecular complexity index is 259. The molecule has 0 spiro atoms. The molecule has 0 amide bonds. The van der Waals surface area contributed by atoms with Crippen LogP contribution in [0.5, 0.6) is 0 Å². The molecule has 1 rings (SSSR count). The molecule has 0 saturated heterocycles. The third kappa shape index (κ3) is 1.80. The standard InChI is InChI=1S/C9H12N2/c1-7-3-5-9(6-4-7)8(2)11-10/h3-6H,10H2,1-2H3/b11-8+. The highest BCUT2D eigenvalue weighted by Gasteiger charge is 1.93. The van der Waals surface area contributed by atoms with E-state index in [0.717, 1.165) is 11.3 Å². The molecule has 2 nitrogen and oxygen atoms in total. The second kappa shape index (κ2) is 3.19. The third-order valence-corrected chi connectivity index (χ3v) is 1.66. The van der Waals surface area contributed by atoms with Crippen LogP contribution in [0.25, 0.3) is 0 Å². The molecule has 2 heteroatoms. The van der Waals surface area contributed by atoms with Crippen molar-refractivity contribution in [1.29, 1.82) is 0 Å².